The number of nitrogens with zero attached hydrogens (tertiary/aromatic N) is 3. The number of hydrogen-bond acceptors (Lipinski definition) is 4. The number of benzene rings is 2. The van der Waals surface area contributed by atoms with Crippen molar-refractivity contribution in [2.45, 2.75) is 30.7 Å². The number of rotatable bonds is 1. The number of halogens is 1. The Bertz CT molecular complexity index is 988. The van der Waals surface area contributed by atoms with Gasteiger partial charge >= 0.3 is 0 Å². The lowest BCUT2D eigenvalue weighted by Crippen LogP contribution is -2.52. The van der Waals surface area contributed by atoms with Crippen LogP contribution in [0, 0.1) is 17.1 Å². The van der Waals surface area contributed by atoms with Crippen molar-refractivity contribution in [2.75, 3.05) is 11.4 Å². The third-order valence-corrected chi connectivity index (χ3v) is 6.77. The van der Waals surface area contributed by atoms with Crippen LogP contribution < -0.4 is 4.90 Å². The lowest BCUT2D eigenvalue weighted by atomic mass is 9.72. The summed E-state index contributed by atoms with van der Waals surface area (Å²) >= 11 is 1.57. The second kappa shape index (κ2) is 5.27. The molecule has 2 atom stereocenters. The molecule has 5 rings (SSSR count). The predicted molar refractivity (Wildman–Crippen MR) is 97.4 cm³/mol. The highest BCUT2D eigenvalue weighted by Gasteiger charge is 2.52. The van der Waals surface area contributed by atoms with Crippen LogP contribution in [0.4, 0.5) is 10.1 Å². The zero-order valence-corrected chi connectivity index (χ0v) is 14.4. The largest absolute Gasteiger partial charge is 0.366 e. The van der Waals surface area contributed by atoms with Crippen molar-refractivity contribution < 1.29 is 4.39 Å². The van der Waals surface area contributed by atoms with Gasteiger partial charge < -0.3 is 4.90 Å². The van der Waals surface area contributed by atoms with Gasteiger partial charge in [-0.3, -0.25) is 0 Å². The van der Waals surface area contributed by atoms with E-state index in [1.165, 1.54) is 6.07 Å². The molecule has 2 aromatic carbocycles. The summed E-state index contributed by atoms with van der Waals surface area (Å²) in [6.45, 7) is 0.870. The van der Waals surface area contributed by atoms with Crippen molar-refractivity contribution in [1.82, 2.24) is 4.98 Å². The average Bonchev–Trinajstić information content (AvgIpc) is 3.29. The van der Waals surface area contributed by atoms with Gasteiger partial charge in [0.2, 0.25) is 0 Å². The second-order valence-corrected chi connectivity index (χ2v) is 7.87. The van der Waals surface area contributed by atoms with Crippen molar-refractivity contribution in [1.29, 1.82) is 5.26 Å². The third kappa shape index (κ3) is 1.98. The molecule has 3 heterocycles. The summed E-state index contributed by atoms with van der Waals surface area (Å²) in [4.78, 5) is 7.02. The van der Waals surface area contributed by atoms with Gasteiger partial charge in [0.25, 0.3) is 0 Å². The fraction of sp³-hybridized carbons (Fsp3) is 0.300. The third-order valence-electron chi connectivity index (χ3n) is 5.56. The molecule has 5 heteroatoms. The minimum absolute atomic E-state index is 0.0624. The molecule has 2 aliphatic rings. The van der Waals surface area contributed by atoms with Crippen LogP contribution >= 0.6 is 11.3 Å². The fourth-order valence-corrected chi connectivity index (χ4v) is 5.55. The maximum absolute atomic E-state index is 14.6. The van der Waals surface area contributed by atoms with Crippen molar-refractivity contribution >= 4 is 27.2 Å². The molecule has 0 amide bonds. The number of anilines is 1. The molecule has 1 fully saturated rings. The maximum Gasteiger partial charge on any atom is 0.133 e. The highest BCUT2D eigenvalue weighted by molar-refractivity contribution is 7.18. The molecule has 0 aliphatic carbocycles. The molecule has 1 saturated heterocycles. The molecular formula is C20H16FN3S. The van der Waals surface area contributed by atoms with E-state index in [1.54, 1.807) is 17.4 Å². The van der Waals surface area contributed by atoms with E-state index >= 15 is 0 Å². The topological polar surface area (TPSA) is 39.9 Å². The monoisotopic (exact) mass is 349 g/mol. The molecule has 25 heavy (non-hydrogen) atoms. The molecule has 124 valence electrons. The smallest absolute Gasteiger partial charge is 0.133 e. The van der Waals surface area contributed by atoms with Crippen LogP contribution in [-0.4, -0.2) is 17.6 Å². The summed E-state index contributed by atoms with van der Waals surface area (Å²) in [5.41, 5.74) is 1.74. The minimum Gasteiger partial charge on any atom is -0.366 e. The molecule has 3 aromatic rings. The summed E-state index contributed by atoms with van der Waals surface area (Å²) in [6, 6.07) is 15.8. The quantitative estimate of drug-likeness (QED) is 0.653. The molecule has 0 radical (unpaired) electrons. The van der Waals surface area contributed by atoms with E-state index in [-0.39, 0.29) is 11.9 Å². The van der Waals surface area contributed by atoms with Gasteiger partial charge in [-0.05, 0) is 37.1 Å². The van der Waals surface area contributed by atoms with Gasteiger partial charge in [-0.2, -0.15) is 5.26 Å². The Hall–Kier alpha value is -2.45. The van der Waals surface area contributed by atoms with Gasteiger partial charge in [0.1, 0.15) is 16.2 Å². The van der Waals surface area contributed by atoms with E-state index < -0.39 is 5.41 Å². The van der Waals surface area contributed by atoms with E-state index in [0.29, 0.717) is 12.0 Å². The number of aromatic nitrogens is 1. The highest BCUT2D eigenvalue weighted by atomic mass is 32.1. The number of thiazole rings is 1. The van der Waals surface area contributed by atoms with Crippen LogP contribution in [-0.2, 0) is 11.8 Å². The van der Waals surface area contributed by atoms with Crippen molar-refractivity contribution in [2.24, 2.45) is 0 Å². The fourth-order valence-electron chi connectivity index (χ4n) is 4.40. The van der Waals surface area contributed by atoms with Gasteiger partial charge in [-0.1, -0.05) is 18.2 Å². The Morgan fingerprint density at radius 2 is 2.12 bits per heavy atom. The first-order valence-corrected chi connectivity index (χ1v) is 9.36. The minimum atomic E-state index is -0.782. The summed E-state index contributed by atoms with van der Waals surface area (Å²) < 4.78 is 15.7. The number of para-hydroxylation sites is 1. The summed E-state index contributed by atoms with van der Waals surface area (Å²) in [5, 5.41) is 11.1. The van der Waals surface area contributed by atoms with E-state index in [0.717, 1.165) is 40.3 Å². The van der Waals surface area contributed by atoms with Crippen LogP contribution in [0.25, 0.3) is 10.2 Å². The summed E-state index contributed by atoms with van der Waals surface area (Å²) in [7, 11) is 0. The van der Waals surface area contributed by atoms with Gasteiger partial charge in [0.05, 0.1) is 22.3 Å². The molecule has 0 spiro atoms. The predicted octanol–water partition coefficient (Wildman–Crippen LogP) is 4.42. The Morgan fingerprint density at radius 3 is 2.96 bits per heavy atom. The van der Waals surface area contributed by atoms with Gasteiger partial charge in [-0.15, -0.1) is 11.3 Å². The molecule has 0 unspecified atom stereocenters. The van der Waals surface area contributed by atoms with Gasteiger partial charge in [-0.25, -0.2) is 9.37 Å². The van der Waals surface area contributed by atoms with Gasteiger partial charge in [0, 0.05) is 24.2 Å². The van der Waals surface area contributed by atoms with E-state index in [2.05, 4.69) is 11.0 Å². The van der Waals surface area contributed by atoms with Crippen LogP contribution in [0.15, 0.2) is 42.5 Å². The van der Waals surface area contributed by atoms with Crippen LogP contribution in [0.1, 0.15) is 23.4 Å². The van der Waals surface area contributed by atoms with Crippen LogP contribution in [0.2, 0.25) is 0 Å². The molecule has 0 saturated carbocycles. The first-order valence-electron chi connectivity index (χ1n) is 8.54. The molecule has 2 aliphatic heterocycles. The lowest BCUT2D eigenvalue weighted by Gasteiger charge is -2.43. The molecule has 0 N–H and O–H groups in total. The molecule has 0 bridgehead atoms. The zero-order valence-electron chi connectivity index (χ0n) is 13.6. The molecule has 1 aromatic heterocycles. The van der Waals surface area contributed by atoms with E-state index in [9.17, 15) is 9.65 Å². The van der Waals surface area contributed by atoms with Crippen LogP contribution in [0.5, 0.6) is 0 Å². The Kier molecular flexibility index (Phi) is 3.13. The molecular weight excluding hydrogens is 333 g/mol. The Balaban J connectivity index is 1.75. The Labute approximate surface area is 149 Å². The lowest BCUT2D eigenvalue weighted by molar-refractivity contribution is 0.400. The molecule has 3 nitrogen and oxygen atoms in total. The normalized spacial score (nSPS) is 24.8. The SMILES string of the molecule is N#C[C@@]1(c2nc3ccccc3s2)Cc2c(F)cccc2N2CCC[C@H]21. The Morgan fingerprint density at radius 1 is 1.24 bits per heavy atom. The first-order chi connectivity index (χ1) is 12.2. The number of fused-ring (bicyclic) bond motifs is 4. The van der Waals surface area contributed by atoms with Crippen LogP contribution in [0.3, 0.4) is 0 Å². The maximum atomic E-state index is 14.6. The number of nitriles is 1. The highest BCUT2D eigenvalue weighted by Crippen LogP contribution is 2.49. The first kappa shape index (κ1) is 14.9. The van der Waals surface area contributed by atoms with Crippen molar-refractivity contribution in [3.8, 4) is 6.07 Å². The number of hydrogen-bond donors (Lipinski definition) is 0. The van der Waals surface area contributed by atoms with E-state index in [1.807, 2.05) is 30.3 Å². The van der Waals surface area contributed by atoms with Gasteiger partial charge in [0.15, 0.2) is 0 Å². The van der Waals surface area contributed by atoms with Crippen molar-refractivity contribution in [3.05, 3.63) is 58.9 Å². The second-order valence-electron chi connectivity index (χ2n) is 6.84. The average molecular weight is 349 g/mol. The summed E-state index contributed by atoms with van der Waals surface area (Å²) in [5.74, 6) is -0.219. The standard InChI is InChI=1S/C20H16FN3S/c21-14-5-3-7-16-13(14)11-20(12-22,18-9-4-10-24(16)18)19-23-15-6-1-2-8-17(15)25-19/h1-3,5-8,18H,4,9-11H2/t18-,20-/m0/s1. The zero-order chi connectivity index (χ0) is 17.0. The van der Waals surface area contributed by atoms with E-state index in [4.69, 9.17) is 4.98 Å². The van der Waals surface area contributed by atoms with Crippen molar-refractivity contribution in [3.63, 3.8) is 0 Å². The summed E-state index contributed by atoms with van der Waals surface area (Å²) in [6.07, 6.45) is 2.36.